The van der Waals surface area contributed by atoms with Crippen molar-refractivity contribution >= 4 is 27.2 Å². The van der Waals surface area contributed by atoms with Crippen molar-refractivity contribution in [2.45, 2.75) is 11.1 Å². The van der Waals surface area contributed by atoms with Crippen molar-refractivity contribution in [2.75, 3.05) is 4.72 Å². The Morgan fingerprint density at radius 3 is 2.61 bits per heavy atom. The summed E-state index contributed by atoms with van der Waals surface area (Å²) in [5.74, 6) is -0.928. The minimum absolute atomic E-state index is 0.0168. The summed E-state index contributed by atoms with van der Waals surface area (Å²) in [6.07, 6.45) is 0. The normalized spacial score (nSPS) is 11.6. The van der Waals surface area contributed by atoms with E-state index in [1.54, 1.807) is 6.92 Å². The van der Waals surface area contributed by atoms with Crippen LogP contribution in [0.25, 0.3) is 10.4 Å². The van der Waals surface area contributed by atoms with Gasteiger partial charge < -0.3 is 4.52 Å². The zero-order chi connectivity index (χ0) is 16.6. The lowest BCUT2D eigenvalue weighted by Gasteiger charge is -2.02. The van der Waals surface area contributed by atoms with E-state index in [9.17, 15) is 17.2 Å². The summed E-state index contributed by atoms with van der Waals surface area (Å²) < 4.78 is 58.3. The average molecular weight is 356 g/mol. The number of hydrogen-bond acceptors (Lipinski definition) is 5. The summed E-state index contributed by atoms with van der Waals surface area (Å²) in [6.45, 7) is 1.63. The molecule has 3 aromatic rings. The SMILES string of the molecule is Cc1cc(NS(=O)(=O)c2ccc(-c3ccc(F)cc3F)s2)no1. The van der Waals surface area contributed by atoms with Gasteiger partial charge in [-0.1, -0.05) is 5.16 Å². The number of rotatable bonds is 4. The molecule has 0 fully saturated rings. The van der Waals surface area contributed by atoms with Gasteiger partial charge in [0, 0.05) is 22.6 Å². The van der Waals surface area contributed by atoms with Gasteiger partial charge in [0.25, 0.3) is 10.0 Å². The molecule has 0 saturated carbocycles. The molecule has 3 rings (SSSR count). The fraction of sp³-hybridized carbons (Fsp3) is 0.0714. The van der Waals surface area contributed by atoms with Crippen molar-refractivity contribution in [3.63, 3.8) is 0 Å². The number of aromatic nitrogens is 1. The maximum absolute atomic E-state index is 13.8. The van der Waals surface area contributed by atoms with Crippen LogP contribution in [-0.2, 0) is 10.0 Å². The lowest BCUT2D eigenvalue weighted by atomic mass is 10.2. The maximum atomic E-state index is 13.8. The van der Waals surface area contributed by atoms with E-state index in [1.807, 2.05) is 0 Å². The smallest absolute Gasteiger partial charge is 0.272 e. The van der Waals surface area contributed by atoms with Crippen molar-refractivity contribution in [3.05, 3.63) is 53.8 Å². The number of anilines is 1. The Morgan fingerprint density at radius 1 is 1.17 bits per heavy atom. The molecule has 0 aliphatic rings. The predicted molar refractivity (Wildman–Crippen MR) is 81.7 cm³/mol. The molecule has 0 bridgehead atoms. The molecule has 120 valence electrons. The van der Waals surface area contributed by atoms with Gasteiger partial charge in [0.05, 0.1) is 0 Å². The number of aryl methyl sites for hydroxylation is 1. The van der Waals surface area contributed by atoms with Gasteiger partial charge in [-0.3, -0.25) is 4.72 Å². The first-order chi connectivity index (χ1) is 10.8. The van der Waals surface area contributed by atoms with Crippen LogP contribution in [0.1, 0.15) is 5.76 Å². The largest absolute Gasteiger partial charge is 0.360 e. The Bertz CT molecular complexity index is 964. The molecule has 0 amide bonds. The second-order valence-electron chi connectivity index (χ2n) is 4.67. The molecule has 5 nitrogen and oxygen atoms in total. The van der Waals surface area contributed by atoms with E-state index in [-0.39, 0.29) is 15.6 Å². The summed E-state index contributed by atoms with van der Waals surface area (Å²) in [4.78, 5) is 0.374. The Hall–Kier alpha value is -2.26. The molecule has 0 spiro atoms. The monoisotopic (exact) mass is 356 g/mol. The Morgan fingerprint density at radius 2 is 1.96 bits per heavy atom. The molecule has 9 heteroatoms. The van der Waals surface area contributed by atoms with Gasteiger partial charge >= 0.3 is 0 Å². The van der Waals surface area contributed by atoms with E-state index in [0.717, 1.165) is 23.5 Å². The third-order valence-electron chi connectivity index (χ3n) is 2.91. The summed E-state index contributed by atoms with van der Waals surface area (Å²) in [5.41, 5.74) is 0.134. The topological polar surface area (TPSA) is 72.2 Å². The molecule has 0 atom stereocenters. The zero-order valence-electron chi connectivity index (χ0n) is 11.7. The van der Waals surface area contributed by atoms with Crippen molar-refractivity contribution in [1.82, 2.24) is 5.16 Å². The Kier molecular flexibility index (Phi) is 3.90. The molecule has 0 aliphatic heterocycles. The highest BCUT2D eigenvalue weighted by Crippen LogP contribution is 2.33. The molecule has 0 aliphatic carbocycles. The minimum atomic E-state index is -3.86. The van der Waals surface area contributed by atoms with Gasteiger partial charge in [-0.2, -0.15) is 0 Å². The van der Waals surface area contributed by atoms with Crippen molar-refractivity contribution in [3.8, 4) is 10.4 Å². The second kappa shape index (κ2) is 5.74. The van der Waals surface area contributed by atoms with Crippen molar-refractivity contribution in [2.24, 2.45) is 0 Å². The quantitative estimate of drug-likeness (QED) is 0.772. The lowest BCUT2D eigenvalue weighted by molar-refractivity contribution is 0.400. The van der Waals surface area contributed by atoms with Gasteiger partial charge in [-0.15, -0.1) is 11.3 Å². The van der Waals surface area contributed by atoms with Crippen LogP contribution in [0.2, 0.25) is 0 Å². The molecule has 2 aromatic heterocycles. The van der Waals surface area contributed by atoms with Crippen LogP contribution in [0.15, 0.2) is 45.1 Å². The lowest BCUT2D eigenvalue weighted by Crippen LogP contribution is -2.11. The first-order valence-corrected chi connectivity index (χ1v) is 8.66. The van der Waals surface area contributed by atoms with Crippen LogP contribution in [0.3, 0.4) is 0 Å². The van der Waals surface area contributed by atoms with Gasteiger partial charge in [0.2, 0.25) is 0 Å². The summed E-state index contributed by atoms with van der Waals surface area (Å²) >= 11 is 0.868. The van der Waals surface area contributed by atoms with Crippen LogP contribution >= 0.6 is 11.3 Å². The molecule has 1 aromatic carbocycles. The number of halogens is 2. The van der Waals surface area contributed by atoms with Gasteiger partial charge in [-0.05, 0) is 31.2 Å². The van der Waals surface area contributed by atoms with Gasteiger partial charge in [-0.25, -0.2) is 17.2 Å². The third-order valence-corrected chi connectivity index (χ3v) is 5.87. The fourth-order valence-electron chi connectivity index (χ4n) is 1.90. The van der Waals surface area contributed by atoms with Crippen LogP contribution in [-0.4, -0.2) is 13.6 Å². The third kappa shape index (κ3) is 3.25. The molecule has 0 radical (unpaired) electrons. The van der Waals surface area contributed by atoms with Gasteiger partial charge in [0.15, 0.2) is 5.82 Å². The highest BCUT2D eigenvalue weighted by Gasteiger charge is 2.20. The molecule has 1 N–H and O–H groups in total. The van der Waals surface area contributed by atoms with E-state index in [0.29, 0.717) is 10.6 Å². The standard InChI is InChI=1S/C14H10F2N2O3S2/c1-8-6-13(17-21-8)18-23(19,20)14-5-4-12(22-14)10-3-2-9(15)7-11(10)16/h2-7H,1H3,(H,17,18). The van der Waals surface area contributed by atoms with Crippen LogP contribution in [0, 0.1) is 18.6 Å². The number of nitrogens with one attached hydrogen (secondary N) is 1. The van der Waals surface area contributed by atoms with Crippen LogP contribution < -0.4 is 4.72 Å². The Balaban J connectivity index is 1.91. The van der Waals surface area contributed by atoms with Crippen LogP contribution in [0.5, 0.6) is 0 Å². The van der Waals surface area contributed by atoms with E-state index >= 15 is 0 Å². The van der Waals surface area contributed by atoms with Crippen LogP contribution in [0.4, 0.5) is 14.6 Å². The van der Waals surface area contributed by atoms with Crippen molar-refractivity contribution < 1.29 is 21.7 Å². The first kappa shape index (κ1) is 15.6. The molecular weight excluding hydrogens is 346 g/mol. The molecule has 0 saturated heterocycles. The van der Waals surface area contributed by atoms with Crippen molar-refractivity contribution in [1.29, 1.82) is 0 Å². The molecule has 0 unspecified atom stereocenters. The second-order valence-corrected chi connectivity index (χ2v) is 7.66. The Labute approximate surface area is 134 Å². The molecule has 2 heterocycles. The number of sulfonamides is 1. The van der Waals surface area contributed by atoms with E-state index < -0.39 is 21.7 Å². The van der Waals surface area contributed by atoms with Gasteiger partial charge in [0.1, 0.15) is 21.6 Å². The van der Waals surface area contributed by atoms with E-state index in [4.69, 9.17) is 4.52 Å². The number of benzene rings is 1. The average Bonchev–Trinajstić information content (AvgIpc) is 3.08. The summed E-state index contributed by atoms with van der Waals surface area (Å²) in [5, 5.41) is 3.55. The van der Waals surface area contributed by atoms with E-state index in [1.165, 1.54) is 24.3 Å². The molecule has 23 heavy (non-hydrogen) atoms. The predicted octanol–water partition coefficient (Wildman–Crippen LogP) is 3.79. The van der Waals surface area contributed by atoms with E-state index in [2.05, 4.69) is 9.88 Å². The summed E-state index contributed by atoms with van der Waals surface area (Å²) in [6, 6.07) is 7.37. The minimum Gasteiger partial charge on any atom is -0.360 e. The number of hydrogen-bond donors (Lipinski definition) is 1. The molecular formula is C14H10F2N2O3S2. The fourth-order valence-corrected chi connectivity index (χ4v) is 4.22. The highest BCUT2D eigenvalue weighted by molar-refractivity contribution is 7.94. The first-order valence-electron chi connectivity index (χ1n) is 6.36. The maximum Gasteiger partial charge on any atom is 0.272 e. The zero-order valence-corrected chi connectivity index (χ0v) is 13.3. The highest BCUT2D eigenvalue weighted by atomic mass is 32.2. The summed E-state index contributed by atoms with van der Waals surface area (Å²) in [7, 11) is -3.86. The number of nitrogens with zero attached hydrogens (tertiary/aromatic N) is 1. The number of thiophene rings is 1.